The molecular formula is C28H27F2N5O3. The predicted molar refractivity (Wildman–Crippen MR) is 141 cm³/mol. The molecule has 0 saturated heterocycles. The van der Waals surface area contributed by atoms with Gasteiger partial charge in [0.25, 0.3) is 0 Å². The maximum atomic E-state index is 15.3. The number of aromatic nitrogens is 2. The summed E-state index contributed by atoms with van der Waals surface area (Å²) >= 11 is 0. The van der Waals surface area contributed by atoms with Crippen molar-refractivity contribution in [3.05, 3.63) is 95.4 Å². The van der Waals surface area contributed by atoms with Crippen molar-refractivity contribution in [1.29, 1.82) is 0 Å². The van der Waals surface area contributed by atoms with Crippen molar-refractivity contribution in [2.75, 3.05) is 13.7 Å². The number of methoxy groups -OCH3 is 1. The summed E-state index contributed by atoms with van der Waals surface area (Å²) in [7, 11) is 1.53. The van der Waals surface area contributed by atoms with Crippen molar-refractivity contribution in [2.24, 2.45) is 11.6 Å². The SMILES string of the molecule is COc1cc(/C(N)=C/N(N)CC(=O)c2cc(C(C)(C)O)c(F)c(-c3ccc(F)cc3)n2)cc2cccnc12. The number of nitrogens with zero attached hydrogens (tertiary/aromatic N) is 3. The Kier molecular flexibility index (Phi) is 7.38. The molecule has 0 bridgehead atoms. The number of pyridine rings is 2. The van der Waals surface area contributed by atoms with Crippen LogP contribution in [0.25, 0.3) is 27.9 Å². The molecule has 5 N–H and O–H groups in total. The number of carbonyl (C=O) groups is 1. The number of halogens is 2. The summed E-state index contributed by atoms with van der Waals surface area (Å²) in [5, 5.41) is 12.4. The number of hydrazine groups is 1. The van der Waals surface area contributed by atoms with Gasteiger partial charge < -0.3 is 20.6 Å². The van der Waals surface area contributed by atoms with Gasteiger partial charge in [-0.25, -0.2) is 19.6 Å². The Labute approximate surface area is 218 Å². The quantitative estimate of drug-likeness (QED) is 0.180. The molecule has 0 amide bonds. The van der Waals surface area contributed by atoms with E-state index < -0.39 is 23.0 Å². The highest BCUT2D eigenvalue weighted by molar-refractivity contribution is 5.97. The van der Waals surface area contributed by atoms with Gasteiger partial charge in [-0.3, -0.25) is 9.78 Å². The normalized spacial score (nSPS) is 12.0. The summed E-state index contributed by atoms with van der Waals surface area (Å²) in [6, 6.07) is 13.4. The van der Waals surface area contributed by atoms with Gasteiger partial charge in [0.2, 0.25) is 5.78 Å². The number of ketones is 1. The van der Waals surface area contributed by atoms with Gasteiger partial charge in [-0.2, -0.15) is 0 Å². The van der Waals surface area contributed by atoms with Crippen LogP contribution in [0.3, 0.4) is 0 Å². The van der Waals surface area contributed by atoms with E-state index in [1.54, 1.807) is 18.3 Å². The molecule has 0 spiro atoms. The van der Waals surface area contributed by atoms with E-state index in [0.717, 1.165) is 22.5 Å². The summed E-state index contributed by atoms with van der Waals surface area (Å²) in [4.78, 5) is 21.6. The fourth-order valence-electron chi connectivity index (χ4n) is 3.94. The maximum absolute atomic E-state index is 15.3. The standard InChI is InChI=1S/C28H27F2N5O3/c1-28(2,37)20-13-22(34-27(25(20)30)16-6-8-19(29)9-7-16)23(36)15-35(32)14-21(31)18-11-17-5-4-10-33-26(17)24(12-18)38-3/h4-14,37H,15,31-32H2,1-3H3/b21-14-. The zero-order valence-electron chi connectivity index (χ0n) is 21.1. The molecule has 0 aliphatic carbocycles. The Morgan fingerprint density at radius 2 is 1.87 bits per heavy atom. The van der Waals surface area contributed by atoms with E-state index in [2.05, 4.69) is 9.97 Å². The molecule has 10 heteroatoms. The van der Waals surface area contributed by atoms with Crippen LogP contribution < -0.4 is 16.3 Å². The number of fused-ring (bicyclic) bond motifs is 1. The van der Waals surface area contributed by atoms with E-state index in [1.807, 2.05) is 12.1 Å². The minimum atomic E-state index is -1.62. The number of benzene rings is 2. The van der Waals surface area contributed by atoms with Gasteiger partial charge in [-0.15, -0.1) is 0 Å². The summed E-state index contributed by atoms with van der Waals surface area (Å²) in [5.41, 5.74) is 5.99. The van der Waals surface area contributed by atoms with E-state index in [0.29, 0.717) is 16.8 Å². The molecule has 0 atom stereocenters. The lowest BCUT2D eigenvalue weighted by Crippen LogP contribution is -2.33. The van der Waals surface area contributed by atoms with Crippen LogP contribution in [-0.2, 0) is 5.60 Å². The van der Waals surface area contributed by atoms with Crippen molar-refractivity contribution in [3.63, 3.8) is 0 Å². The lowest BCUT2D eigenvalue weighted by Gasteiger charge is -2.21. The number of Topliss-reactive ketones (excluding diaryl/α,β-unsaturated/α-hetero) is 1. The third-order valence-electron chi connectivity index (χ3n) is 5.87. The molecule has 0 saturated carbocycles. The zero-order chi connectivity index (χ0) is 27.6. The molecule has 0 radical (unpaired) electrons. The second kappa shape index (κ2) is 10.5. The number of hydrogen-bond donors (Lipinski definition) is 3. The first-order valence-corrected chi connectivity index (χ1v) is 11.6. The van der Waals surface area contributed by atoms with Gasteiger partial charge in [-0.05, 0) is 62.4 Å². The van der Waals surface area contributed by atoms with Crippen molar-refractivity contribution >= 4 is 22.4 Å². The summed E-state index contributed by atoms with van der Waals surface area (Å²) in [6.07, 6.45) is 3.04. The molecule has 38 heavy (non-hydrogen) atoms. The van der Waals surface area contributed by atoms with Crippen LogP contribution in [-0.4, -0.2) is 39.5 Å². The van der Waals surface area contributed by atoms with E-state index >= 15 is 4.39 Å². The van der Waals surface area contributed by atoms with E-state index in [9.17, 15) is 14.3 Å². The average molecular weight is 520 g/mol. The van der Waals surface area contributed by atoms with Crippen LogP contribution in [0.15, 0.2) is 67.0 Å². The first-order valence-electron chi connectivity index (χ1n) is 11.6. The number of hydrogen-bond acceptors (Lipinski definition) is 8. The molecule has 2 aromatic heterocycles. The van der Waals surface area contributed by atoms with Crippen LogP contribution in [0.5, 0.6) is 5.75 Å². The fraction of sp³-hybridized carbons (Fsp3) is 0.179. The molecule has 0 aliphatic heterocycles. The second-order valence-electron chi connectivity index (χ2n) is 9.22. The molecule has 4 aromatic rings. The largest absolute Gasteiger partial charge is 0.494 e. The van der Waals surface area contributed by atoms with Crippen LogP contribution in [0, 0.1) is 11.6 Å². The number of nitrogens with two attached hydrogens (primary N) is 2. The first-order chi connectivity index (χ1) is 18.0. The summed E-state index contributed by atoms with van der Waals surface area (Å²) < 4.78 is 34.1. The lowest BCUT2D eigenvalue weighted by atomic mass is 9.94. The van der Waals surface area contributed by atoms with Crippen molar-refractivity contribution < 1.29 is 23.4 Å². The highest BCUT2D eigenvalue weighted by Gasteiger charge is 2.27. The summed E-state index contributed by atoms with van der Waals surface area (Å²) in [5.74, 6) is 4.73. The number of aliphatic hydroxyl groups is 1. The van der Waals surface area contributed by atoms with E-state index in [4.69, 9.17) is 16.3 Å². The monoisotopic (exact) mass is 519 g/mol. The third-order valence-corrected chi connectivity index (χ3v) is 5.87. The second-order valence-corrected chi connectivity index (χ2v) is 9.22. The van der Waals surface area contributed by atoms with Crippen molar-refractivity contribution in [3.8, 4) is 17.0 Å². The highest BCUT2D eigenvalue weighted by Crippen LogP contribution is 2.31. The van der Waals surface area contributed by atoms with Crippen LogP contribution in [0.2, 0.25) is 0 Å². The van der Waals surface area contributed by atoms with Gasteiger partial charge in [0, 0.05) is 34.5 Å². The molecule has 196 valence electrons. The summed E-state index contributed by atoms with van der Waals surface area (Å²) in [6.45, 7) is 2.43. The van der Waals surface area contributed by atoms with Crippen LogP contribution in [0.4, 0.5) is 8.78 Å². The molecule has 0 unspecified atom stereocenters. The Hall–Kier alpha value is -4.41. The van der Waals surface area contributed by atoms with Crippen molar-refractivity contribution in [2.45, 2.75) is 19.4 Å². The Morgan fingerprint density at radius 3 is 2.53 bits per heavy atom. The Bertz CT molecular complexity index is 1530. The molecular weight excluding hydrogens is 492 g/mol. The van der Waals surface area contributed by atoms with E-state index in [-0.39, 0.29) is 34.8 Å². The topological polar surface area (TPSA) is 128 Å². The maximum Gasteiger partial charge on any atom is 0.202 e. The minimum absolute atomic E-state index is 0.122. The average Bonchev–Trinajstić information content (AvgIpc) is 2.87. The number of carbonyl (C=O) groups excluding carboxylic acids is 1. The van der Waals surface area contributed by atoms with Gasteiger partial charge >= 0.3 is 0 Å². The fourth-order valence-corrected chi connectivity index (χ4v) is 3.94. The molecule has 4 rings (SSSR count). The minimum Gasteiger partial charge on any atom is -0.494 e. The zero-order valence-corrected chi connectivity index (χ0v) is 21.1. The number of rotatable bonds is 8. The molecule has 8 nitrogen and oxygen atoms in total. The van der Waals surface area contributed by atoms with Gasteiger partial charge in [-0.1, -0.05) is 6.07 Å². The molecule has 0 fully saturated rings. The predicted octanol–water partition coefficient (Wildman–Crippen LogP) is 4.13. The molecule has 2 heterocycles. The van der Waals surface area contributed by atoms with Gasteiger partial charge in [0.05, 0.1) is 25.0 Å². The van der Waals surface area contributed by atoms with Gasteiger partial charge in [0.15, 0.2) is 5.82 Å². The Morgan fingerprint density at radius 1 is 1.16 bits per heavy atom. The van der Waals surface area contributed by atoms with Crippen molar-refractivity contribution in [1.82, 2.24) is 15.0 Å². The number of ether oxygens (including phenoxy) is 1. The molecule has 0 aliphatic rings. The highest BCUT2D eigenvalue weighted by atomic mass is 19.1. The van der Waals surface area contributed by atoms with Crippen LogP contribution >= 0.6 is 0 Å². The molecule has 2 aromatic carbocycles. The van der Waals surface area contributed by atoms with Crippen LogP contribution in [0.1, 0.15) is 35.5 Å². The first kappa shape index (κ1) is 26.6. The Balaban J connectivity index is 1.64. The smallest absolute Gasteiger partial charge is 0.202 e. The lowest BCUT2D eigenvalue weighted by molar-refractivity contribution is 0.0743. The third kappa shape index (κ3) is 5.61. The van der Waals surface area contributed by atoms with Gasteiger partial charge in [0.1, 0.15) is 28.5 Å². The van der Waals surface area contributed by atoms with E-state index in [1.165, 1.54) is 45.4 Å².